The molecule has 1 aliphatic heterocycles. The van der Waals surface area contributed by atoms with Crippen molar-refractivity contribution in [3.05, 3.63) is 0 Å². The van der Waals surface area contributed by atoms with Gasteiger partial charge in [0.1, 0.15) is 0 Å². The molecule has 1 rings (SSSR count). The van der Waals surface area contributed by atoms with E-state index in [1.807, 2.05) is 0 Å². The van der Waals surface area contributed by atoms with Crippen LogP contribution in [-0.2, 0) is 0 Å². The predicted octanol–water partition coefficient (Wildman–Crippen LogP) is -1.44. The summed E-state index contributed by atoms with van der Waals surface area (Å²) in [6.07, 6.45) is 1.20. The van der Waals surface area contributed by atoms with E-state index in [1.165, 1.54) is 13.0 Å². The van der Waals surface area contributed by atoms with Crippen molar-refractivity contribution in [3.8, 4) is 0 Å². The Labute approximate surface area is 43.5 Å². The first-order chi connectivity index (χ1) is 3.43. The molecule has 0 saturated carbocycles. The molecule has 1 atom stereocenters. The lowest BCUT2D eigenvalue weighted by atomic mass is 10.1. The maximum Gasteiger partial charge on any atom is 0.0808 e. The molecule has 0 unspecified atom stereocenters. The third kappa shape index (κ3) is 1.14. The molecule has 0 aromatic rings. The molecule has 1 aliphatic rings. The third-order valence-corrected chi connectivity index (χ3v) is 1.54. The SMILES string of the molecule is OC[C@@H]1CC[NH2+]C1. The molecule has 3 N–H and O–H groups in total. The fourth-order valence-electron chi connectivity index (χ4n) is 0.991. The fraction of sp³-hybridized carbons (Fsp3) is 1.00. The quantitative estimate of drug-likeness (QED) is 0.418. The van der Waals surface area contributed by atoms with Crippen LogP contribution in [0.2, 0.25) is 0 Å². The van der Waals surface area contributed by atoms with E-state index in [1.54, 1.807) is 0 Å². The van der Waals surface area contributed by atoms with Crippen molar-refractivity contribution in [2.75, 3.05) is 19.7 Å². The Balaban J connectivity index is 2.14. The molecule has 1 fully saturated rings. The van der Waals surface area contributed by atoms with E-state index in [-0.39, 0.29) is 0 Å². The van der Waals surface area contributed by atoms with Crippen molar-refractivity contribution < 1.29 is 10.4 Å². The maximum absolute atomic E-state index is 8.55. The van der Waals surface area contributed by atoms with E-state index in [0.29, 0.717) is 12.5 Å². The number of aliphatic hydroxyl groups excluding tert-OH is 1. The van der Waals surface area contributed by atoms with Crippen LogP contribution < -0.4 is 5.32 Å². The van der Waals surface area contributed by atoms with Gasteiger partial charge in [-0.3, -0.25) is 0 Å². The molecule has 0 amide bonds. The van der Waals surface area contributed by atoms with Crippen LogP contribution in [0.15, 0.2) is 0 Å². The Morgan fingerprint density at radius 1 is 1.71 bits per heavy atom. The van der Waals surface area contributed by atoms with Crippen LogP contribution >= 0.6 is 0 Å². The molecular weight excluding hydrogens is 90.1 g/mol. The van der Waals surface area contributed by atoms with Crippen LogP contribution in [0.3, 0.4) is 0 Å². The number of hydrogen-bond acceptors (Lipinski definition) is 1. The normalized spacial score (nSPS) is 31.3. The standard InChI is InChI=1S/C5H11NO/c7-4-5-1-2-6-3-5/h5-7H,1-4H2/p+1/t5-/m1/s1. The number of aliphatic hydroxyl groups is 1. The highest BCUT2D eigenvalue weighted by molar-refractivity contribution is 4.56. The van der Waals surface area contributed by atoms with Gasteiger partial charge >= 0.3 is 0 Å². The molecule has 0 aliphatic carbocycles. The summed E-state index contributed by atoms with van der Waals surface area (Å²) in [5.74, 6) is 0.597. The third-order valence-electron chi connectivity index (χ3n) is 1.54. The Kier molecular flexibility index (Phi) is 1.65. The molecule has 2 heteroatoms. The molecule has 2 nitrogen and oxygen atoms in total. The Morgan fingerprint density at radius 3 is 2.86 bits per heavy atom. The summed E-state index contributed by atoms with van der Waals surface area (Å²) < 4.78 is 0. The van der Waals surface area contributed by atoms with Crippen molar-refractivity contribution in [3.63, 3.8) is 0 Å². The van der Waals surface area contributed by atoms with Gasteiger partial charge in [0.15, 0.2) is 0 Å². The summed E-state index contributed by atoms with van der Waals surface area (Å²) in [6.45, 7) is 2.73. The molecular formula is C5H12NO+. The van der Waals surface area contributed by atoms with Crippen molar-refractivity contribution >= 4 is 0 Å². The van der Waals surface area contributed by atoms with Crippen LogP contribution in [0.4, 0.5) is 0 Å². The molecule has 0 radical (unpaired) electrons. The van der Waals surface area contributed by atoms with Crippen molar-refractivity contribution in [2.24, 2.45) is 5.92 Å². The largest absolute Gasteiger partial charge is 0.396 e. The monoisotopic (exact) mass is 102 g/mol. The number of rotatable bonds is 1. The first-order valence-electron chi connectivity index (χ1n) is 2.86. The Bertz CT molecular complexity index is 50.0. The first kappa shape index (κ1) is 5.06. The summed E-state index contributed by atoms with van der Waals surface area (Å²) in [4.78, 5) is 0. The van der Waals surface area contributed by atoms with Crippen LogP contribution in [0, 0.1) is 5.92 Å². The van der Waals surface area contributed by atoms with E-state index in [0.717, 1.165) is 6.54 Å². The molecule has 1 saturated heterocycles. The zero-order valence-corrected chi connectivity index (χ0v) is 4.43. The maximum atomic E-state index is 8.55. The van der Waals surface area contributed by atoms with Crippen LogP contribution in [0.25, 0.3) is 0 Å². The van der Waals surface area contributed by atoms with E-state index < -0.39 is 0 Å². The topological polar surface area (TPSA) is 36.8 Å². The van der Waals surface area contributed by atoms with Gasteiger partial charge in [0.25, 0.3) is 0 Å². The van der Waals surface area contributed by atoms with Gasteiger partial charge in [0, 0.05) is 12.3 Å². The number of quaternary nitrogens is 1. The second kappa shape index (κ2) is 2.28. The minimum absolute atomic E-state index is 0.385. The van der Waals surface area contributed by atoms with Crippen LogP contribution in [-0.4, -0.2) is 24.8 Å². The molecule has 0 bridgehead atoms. The first-order valence-corrected chi connectivity index (χ1v) is 2.86. The summed E-state index contributed by atoms with van der Waals surface area (Å²) >= 11 is 0. The lowest BCUT2D eigenvalue weighted by molar-refractivity contribution is -0.638. The van der Waals surface area contributed by atoms with E-state index in [4.69, 9.17) is 5.11 Å². The van der Waals surface area contributed by atoms with E-state index in [9.17, 15) is 0 Å². The van der Waals surface area contributed by atoms with Gasteiger partial charge in [0.05, 0.1) is 19.7 Å². The highest BCUT2D eigenvalue weighted by Gasteiger charge is 2.15. The van der Waals surface area contributed by atoms with Gasteiger partial charge in [-0.25, -0.2) is 0 Å². The van der Waals surface area contributed by atoms with Gasteiger partial charge in [0.2, 0.25) is 0 Å². The zero-order chi connectivity index (χ0) is 5.11. The minimum Gasteiger partial charge on any atom is -0.396 e. The van der Waals surface area contributed by atoms with Gasteiger partial charge in [-0.1, -0.05) is 0 Å². The molecule has 42 valence electrons. The smallest absolute Gasteiger partial charge is 0.0808 e. The summed E-state index contributed by atoms with van der Waals surface area (Å²) in [6, 6.07) is 0. The fourth-order valence-corrected chi connectivity index (χ4v) is 0.991. The summed E-state index contributed by atoms with van der Waals surface area (Å²) in [7, 11) is 0. The lowest BCUT2D eigenvalue weighted by Crippen LogP contribution is -2.81. The summed E-state index contributed by atoms with van der Waals surface area (Å²) in [5, 5.41) is 10.8. The molecule has 7 heavy (non-hydrogen) atoms. The molecule has 0 spiro atoms. The van der Waals surface area contributed by atoms with Gasteiger partial charge in [-0.05, 0) is 0 Å². The highest BCUT2D eigenvalue weighted by atomic mass is 16.3. The second-order valence-corrected chi connectivity index (χ2v) is 2.15. The average molecular weight is 102 g/mol. The van der Waals surface area contributed by atoms with E-state index in [2.05, 4.69) is 5.32 Å². The lowest BCUT2D eigenvalue weighted by Gasteiger charge is -1.94. The molecule has 0 aromatic carbocycles. The van der Waals surface area contributed by atoms with Gasteiger partial charge in [-0.15, -0.1) is 0 Å². The highest BCUT2D eigenvalue weighted by Crippen LogP contribution is 1.98. The number of nitrogens with two attached hydrogens (primary N) is 1. The molecule has 0 aromatic heterocycles. The van der Waals surface area contributed by atoms with Crippen molar-refractivity contribution in [2.45, 2.75) is 6.42 Å². The average Bonchev–Trinajstić information content (AvgIpc) is 2.14. The van der Waals surface area contributed by atoms with Crippen molar-refractivity contribution in [1.29, 1.82) is 0 Å². The minimum atomic E-state index is 0.385. The summed E-state index contributed by atoms with van der Waals surface area (Å²) in [5.41, 5.74) is 0. The Hall–Kier alpha value is -0.0800. The van der Waals surface area contributed by atoms with Crippen LogP contribution in [0.5, 0.6) is 0 Å². The van der Waals surface area contributed by atoms with Crippen molar-refractivity contribution in [1.82, 2.24) is 0 Å². The Morgan fingerprint density at radius 2 is 2.57 bits per heavy atom. The number of hydrogen-bond donors (Lipinski definition) is 2. The zero-order valence-electron chi connectivity index (χ0n) is 4.43. The molecule has 1 heterocycles. The predicted molar refractivity (Wildman–Crippen MR) is 26.9 cm³/mol. The van der Waals surface area contributed by atoms with Gasteiger partial charge < -0.3 is 10.4 Å². The van der Waals surface area contributed by atoms with Crippen LogP contribution in [0.1, 0.15) is 6.42 Å². The van der Waals surface area contributed by atoms with E-state index >= 15 is 0 Å². The second-order valence-electron chi connectivity index (χ2n) is 2.15. The van der Waals surface area contributed by atoms with Gasteiger partial charge in [-0.2, -0.15) is 0 Å².